The predicted molar refractivity (Wildman–Crippen MR) is 94.6 cm³/mol. The SMILES string of the molecule is Cc1ccccc1S(=O)(=O)NC(=O)C1=CC(C)C(c2cccs2)=N1. The summed E-state index contributed by atoms with van der Waals surface area (Å²) in [5.74, 6) is -0.748. The highest BCUT2D eigenvalue weighted by Crippen LogP contribution is 2.25. The number of benzene rings is 1. The van der Waals surface area contributed by atoms with Crippen LogP contribution in [-0.2, 0) is 14.8 Å². The Hall–Kier alpha value is -2.25. The van der Waals surface area contributed by atoms with Crippen LogP contribution in [0.4, 0.5) is 0 Å². The molecule has 0 radical (unpaired) electrons. The fraction of sp³-hybridized carbons (Fsp3) is 0.176. The summed E-state index contributed by atoms with van der Waals surface area (Å²) in [6, 6.07) is 10.4. The van der Waals surface area contributed by atoms with Crippen molar-refractivity contribution in [3.63, 3.8) is 0 Å². The fourth-order valence-electron chi connectivity index (χ4n) is 2.50. The van der Waals surface area contributed by atoms with Gasteiger partial charge in [-0.1, -0.05) is 31.2 Å². The number of sulfonamides is 1. The number of nitrogens with zero attached hydrogens (tertiary/aromatic N) is 1. The Morgan fingerprint density at radius 3 is 2.62 bits per heavy atom. The molecule has 1 N–H and O–H groups in total. The second kappa shape index (κ2) is 6.33. The van der Waals surface area contributed by atoms with Gasteiger partial charge in [-0.2, -0.15) is 0 Å². The summed E-state index contributed by atoms with van der Waals surface area (Å²) < 4.78 is 26.9. The lowest BCUT2D eigenvalue weighted by molar-refractivity contribution is -0.115. The zero-order valence-electron chi connectivity index (χ0n) is 13.2. The molecule has 0 bridgehead atoms. The van der Waals surface area contributed by atoms with Gasteiger partial charge in [0, 0.05) is 10.8 Å². The molecular weight excluding hydrogens is 344 g/mol. The molecule has 124 valence electrons. The van der Waals surface area contributed by atoms with Crippen molar-refractivity contribution in [2.75, 3.05) is 0 Å². The van der Waals surface area contributed by atoms with E-state index in [1.807, 2.05) is 24.4 Å². The van der Waals surface area contributed by atoms with Gasteiger partial charge in [-0.3, -0.25) is 4.79 Å². The van der Waals surface area contributed by atoms with Gasteiger partial charge in [0.2, 0.25) is 0 Å². The first-order valence-corrected chi connectivity index (χ1v) is 9.72. The van der Waals surface area contributed by atoms with E-state index >= 15 is 0 Å². The second-order valence-electron chi connectivity index (χ2n) is 5.52. The van der Waals surface area contributed by atoms with Gasteiger partial charge in [0.1, 0.15) is 5.70 Å². The predicted octanol–water partition coefficient (Wildman–Crippen LogP) is 2.88. The standard InChI is InChI=1S/C17H16N2O3S2/c1-11-6-3-4-8-15(11)24(21,22)19-17(20)13-10-12(2)16(18-13)14-7-5-9-23-14/h3-10,12H,1-2H3,(H,19,20). The Labute approximate surface area is 144 Å². The average molecular weight is 360 g/mol. The number of hydrogen-bond acceptors (Lipinski definition) is 5. The minimum absolute atomic E-state index is 0.0365. The molecule has 24 heavy (non-hydrogen) atoms. The van der Waals surface area contributed by atoms with Crippen molar-refractivity contribution in [2.24, 2.45) is 10.9 Å². The number of allylic oxidation sites excluding steroid dienone is 1. The Bertz CT molecular complexity index is 942. The maximum atomic E-state index is 12.4. The summed E-state index contributed by atoms with van der Waals surface area (Å²) >= 11 is 1.54. The van der Waals surface area contributed by atoms with E-state index in [0.717, 1.165) is 10.6 Å². The summed E-state index contributed by atoms with van der Waals surface area (Å²) in [7, 11) is -3.92. The van der Waals surface area contributed by atoms with Gasteiger partial charge in [0.25, 0.3) is 15.9 Å². The lowest BCUT2D eigenvalue weighted by Gasteiger charge is -2.08. The lowest BCUT2D eigenvalue weighted by Crippen LogP contribution is -2.31. The molecular formula is C17H16N2O3S2. The van der Waals surface area contributed by atoms with Gasteiger partial charge in [-0.15, -0.1) is 11.3 Å². The fourth-order valence-corrected chi connectivity index (χ4v) is 4.52. The molecule has 7 heteroatoms. The van der Waals surface area contributed by atoms with Crippen LogP contribution in [0.15, 0.2) is 63.4 Å². The van der Waals surface area contributed by atoms with E-state index in [0.29, 0.717) is 5.56 Å². The van der Waals surface area contributed by atoms with E-state index < -0.39 is 15.9 Å². The highest BCUT2D eigenvalue weighted by atomic mass is 32.2. The first-order valence-electron chi connectivity index (χ1n) is 7.35. The maximum absolute atomic E-state index is 12.4. The van der Waals surface area contributed by atoms with Gasteiger partial charge < -0.3 is 0 Å². The summed E-state index contributed by atoms with van der Waals surface area (Å²) in [4.78, 5) is 17.7. The molecule has 5 nitrogen and oxygen atoms in total. The number of hydrogen-bond donors (Lipinski definition) is 1. The lowest BCUT2D eigenvalue weighted by atomic mass is 10.1. The molecule has 2 aromatic rings. The van der Waals surface area contributed by atoms with Crippen molar-refractivity contribution in [3.8, 4) is 0 Å². The van der Waals surface area contributed by atoms with Crippen LogP contribution in [0.3, 0.4) is 0 Å². The molecule has 1 aromatic carbocycles. The van der Waals surface area contributed by atoms with Gasteiger partial charge >= 0.3 is 0 Å². The van der Waals surface area contributed by atoms with Gasteiger partial charge in [0.15, 0.2) is 0 Å². The normalized spacial score (nSPS) is 17.3. The summed E-state index contributed by atoms with van der Waals surface area (Å²) in [5.41, 5.74) is 1.49. The molecule has 1 amide bonds. The topological polar surface area (TPSA) is 75.6 Å². The van der Waals surface area contributed by atoms with E-state index in [4.69, 9.17) is 0 Å². The molecule has 0 spiro atoms. The zero-order chi connectivity index (χ0) is 17.3. The molecule has 0 saturated heterocycles. The van der Waals surface area contributed by atoms with Crippen molar-refractivity contribution in [2.45, 2.75) is 18.7 Å². The number of rotatable bonds is 4. The van der Waals surface area contributed by atoms with E-state index in [1.54, 1.807) is 31.2 Å². The van der Waals surface area contributed by atoms with Crippen LogP contribution in [0.2, 0.25) is 0 Å². The highest BCUT2D eigenvalue weighted by Gasteiger charge is 2.27. The second-order valence-corrected chi connectivity index (χ2v) is 8.11. The van der Waals surface area contributed by atoms with Crippen LogP contribution in [0.1, 0.15) is 17.4 Å². The molecule has 0 fully saturated rings. The molecule has 1 aromatic heterocycles. The third-order valence-corrected chi connectivity index (χ3v) is 6.08. The highest BCUT2D eigenvalue weighted by molar-refractivity contribution is 7.90. The van der Waals surface area contributed by atoms with Crippen molar-refractivity contribution in [1.82, 2.24) is 4.72 Å². The van der Waals surface area contributed by atoms with Gasteiger partial charge in [-0.25, -0.2) is 18.1 Å². The van der Waals surface area contributed by atoms with Crippen LogP contribution in [-0.4, -0.2) is 20.0 Å². The van der Waals surface area contributed by atoms with E-state index in [9.17, 15) is 13.2 Å². The van der Waals surface area contributed by atoms with Crippen molar-refractivity contribution >= 4 is 33.0 Å². The Kier molecular flexibility index (Phi) is 4.38. The van der Waals surface area contributed by atoms with E-state index in [2.05, 4.69) is 9.71 Å². The van der Waals surface area contributed by atoms with Crippen LogP contribution in [0, 0.1) is 12.8 Å². The van der Waals surface area contributed by atoms with Crippen molar-refractivity contribution in [1.29, 1.82) is 0 Å². The van der Waals surface area contributed by atoms with Crippen LogP contribution in [0.25, 0.3) is 0 Å². The van der Waals surface area contributed by atoms with Gasteiger partial charge in [-0.05, 0) is 36.1 Å². The minimum Gasteiger partial charge on any atom is -0.266 e. The first kappa shape index (κ1) is 16.6. The molecule has 2 heterocycles. The van der Waals surface area contributed by atoms with E-state index in [-0.39, 0.29) is 16.5 Å². The first-order chi connectivity index (χ1) is 11.4. The Morgan fingerprint density at radius 2 is 1.96 bits per heavy atom. The third-order valence-electron chi connectivity index (χ3n) is 3.70. The number of amides is 1. The zero-order valence-corrected chi connectivity index (χ0v) is 14.8. The van der Waals surface area contributed by atoms with Crippen LogP contribution in [0.5, 0.6) is 0 Å². The maximum Gasteiger partial charge on any atom is 0.283 e. The van der Waals surface area contributed by atoms with Crippen molar-refractivity contribution in [3.05, 3.63) is 64.0 Å². The largest absolute Gasteiger partial charge is 0.283 e. The number of carbonyl (C=O) groups is 1. The molecule has 0 saturated carbocycles. The molecule has 1 aliphatic rings. The number of carbonyl (C=O) groups excluding carboxylic acids is 1. The third kappa shape index (κ3) is 3.18. The molecule has 1 atom stereocenters. The number of aryl methyl sites for hydroxylation is 1. The molecule has 0 aliphatic carbocycles. The monoisotopic (exact) mass is 360 g/mol. The smallest absolute Gasteiger partial charge is 0.266 e. The number of nitrogens with one attached hydrogen (secondary N) is 1. The van der Waals surface area contributed by atoms with Crippen LogP contribution < -0.4 is 4.72 Å². The Balaban J connectivity index is 1.83. The summed E-state index contributed by atoms with van der Waals surface area (Å²) in [6.07, 6.45) is 1.68. The summed E-state index contributed by atoms with van der Waals surface area (Å²) in [6.45, 7) is 3.61. The van der Waals surface area contributed by atoms with Crippen molar-refractivity contribution < 1.29 is 13.2 Å². The molecule has 1 unspecified atom stereocenters. The average Bonchev–Trinajstić information content (AvgIpc) is 3.16. The number of aliphatic imine (C=N–C) groups is 1. The molecule has 1 aliphatic heterocycles. The summed E-state index contributed by atoms with van der Waals surface area (Å²) in [5, 5.41) is 1.94. The number of thiophene rings is 1. The van der Waals surface area contributed by atoms with E-state index in [1.165, 1.54) is 17.4 Å². The Morgan fingerprint density at radius 1 is 1.21 bits per heavy atom. The van der Waals surface area contributed by atoms with Crippen LogP contribution >= 0.6 is 11.3 Å². The van der Waals surface area contributed by atoms with Gasteiger partial charge in [0.05, 0.1) is 10.6 Å². The quantitative estimate of drug-likeness (QED) is 0.911. The molecule has 3 rings (SSSR count). The minimum atomic E-state index is -3.92.